The fourth-order valence-corrected chi connectivity index (χ4v) is 8.65. The highest BCUT2D eigenvalue weighted by Crippen LogP contribution is 2.43. The summed E-state index contributed by atoms with van der Waals surface area (Å²) in [6, 6.07) is 39.1. The van der Waals surface area contributed by atoms with Gasteiger partial charge in [0.2, 0.25) is 0 Å². The third-order valence-corrected chi connectivity index (χ3v) is 10.2. The summed E-state index contributed by atoms with van der Waals surface area (Å²) in [5.74, 6) is 0.225. The molecule has 2 unspecified atom stereocenters. The van der Waals surface area contributed by atoms with Crippen molar-refractivity contribution in [1.82, 2.24) is 0 Å². The quantitative estimate of drug-likeness (QED) is 0.141. The molecule has 0 N–H and O–H groups in total. The first-order valence-corrected chi connectivity index (χ1v) is 15.1. The van der Waals surface area contributed by atoms with Gasteiger partial charge in [0.1, 0.15) is 0 Å². The Morgan fingerprint density at radius 1 is 0.486 bits per heavy atom. The predicted molar refractivity (Wildman–Crippen MR) is 152 cm³/mol. The van der Waals surface area contributed by atoms with Gasteiger partial charge in [-0.3, -0.25) is 9.59 Å². The third-order valence-electron chi connectivity index (χ3n) is 5.54. The number of carbonyl (C=O) groups excluding carboxylic acids is 2. The van der Waals surface area contributed by atoms with E-state index >= 15 is 0 Å². The molecular formula is C30H26O2S3. The molecule has 0 fully saturated rings. The zero-order valence-corrected chi connectivity index (χ0v) is 21.6. The van der Waals surface area contributed by atoms with E-state index in [1.165, 1.54) is 0 Å². The van der Waals surface area contributed by atoms with E-state index in [4.69, 9.17) is 0 Å². The molecule has 0 saturated carbocycles. The molecule has 0 spiro atoms. The van der Waals surface area contributed by atoms with Crippen molar-refractivity contribution in [2.45, 2.75) is 23.3 Å². The summed E-state index contributed by atoms with van der Waals surface area (Å²) < 4.78 is 0. The van der Waals surface area contributed by atoms with E-state index in [9.17, 15) is 9.59 Å². The first-order valence-electron chi connectivity index (χ1n) is 11.5. The number of carbonyl (C=O) groups is 2. The van der Waals surface area contributed by atoms with Crippen LogP contribution < -0.4 is 0 Å². The zero-order valence-electron chi connectivity index (χ0n) is 19.2. The van der Waals surface area contributed by atoms with Crippen LogP contribution in [0.3, 0.4) is 0 Å². The van der Waals surface area contributed by atoms with Crippen LogP contribution in [0, 0.1) is 0 Å². The van der Waals surface area contributed by atoms with Gasteiger partial charge in [-0.05, 0) is 33.8 Å². The summed E-state index contributed by atoms with van der Waals surface area (Å²) in [4.78, 5) is 26.7. The van der Waals surface area contributed by atoms with Crippen LogP contribution in [0.15, 0.2) is 121 Å². The Bertz CT molecular complexity index is 1100. The van der Waals surface area contributed by atoms with Gasteiger partial charge in [-0.1, -0.05) is 143 Å². The molecule has 2 nitrogen and oxygen atoms in total. The second-order valence-corrected chi connectivity index (χ2v) is 12.5. The van der Waals surface area contributed by atoms with E-state index in [0.29, 0.717) is 24.0 Å². The lowest BCUT2D eigenvalue weighted by molar-refractivity contribution is 0.0982. The summed E-state index contributed by atoms with van der Waals surface area (Å²) in [6.45, 7) is 0. The molecule has 0 heterocycles. The van der Waals surface area contributed by atoms with Crippen LogP contribution >= 0.6 is 31.4 Å². The second kappa shape index (κ2) is 13.4. The predicted octanol–water partition coefficient (Wildman–Crippen LogP) is 8.00. The first-order chi connectivity index (χ1) is 17.2. The van der Waals surface area contributed by atoms with Crippen LogP contribution in [0.1, 0.15) is 31.8 Å². The molecule has 0 saturated heterocycles. The lowest BCUT2D eigenvalue weighted by Gasteiger charge is -2.18. The van der Waals surface area contributed by atoms with Gasteiger partial charge in [-0.25, -0.2) is 0 Å². The molecule has 0 aliphatic carbocycles. The first kappa shape index (κ1) is 25.4. The SMILES string of the molecule is O=C(c1ccccc1)C(Cc1ccccc1)SSSC(Cc1ccccc1)C(=O)c1ccccc1. The number of hydrogen-bond donors (Lipinski definition) is 0. The number of rotatable bonds is 12. The van der Waals surface area contributed by atoms with Crippen molar-refractivity contribution in [1.29, 1.82) is 0 Å². The molecule has 35 heavy (non-hydrogen) atoms. The minimum absolute atomic E-state index is 0.113. The minimum atomic E-state index is -0.249. The molecule has 0 aromatic heterocycles. The van der Waals surface area contributed by atoms with E-state index in [0.717, 1.165) is 11.1 Å². The molecule has 176 valence electrons. The fourth-order valence-electron chi connectivity index (χ4n) is 3.69. The van der Waals surface area contributed by atoms with Gasteiger partial charge >= 0.3 is 0 Å². The number of Topliss-reactive ketones (excluding diaryl/α,β-unsaturated/α-hetero) is 2. The Hall–Kier alpha value is -2.73. The van der Waals surface area contributed by atoms with Crippen LogP contribution in [0.5, 0.6) is 0 Å². The summed E-state index contributed by atoms with van der Waals surface area (Å²) in [6.07, 6.45) is 1.28. The Morgan fingerprint density at radius 2 is 0.800 bits per heavy atom. The summed E-state index contributed by atoms with van der Waals surface area (Å²) in [5, 5.41) is -0.497. The highest BCUT2D eigenvalue weighted by atomic mass is 33.5. The van der Waals surface area contributed by atoms with E-state index in [2.05, 4.69) is 24.3 Å². The highest BCUT2D eigenvalue weighted by Gasteiger charge is 2.25. The molecule has 4 aromatic rings. The van der Waals surface area contributed by atoms with Crippen molar-refractivity contribution in [3.05, 3.63) is 144 Å². The minimum Gasteiger partial charge on any atom is -0.293 e. The van der Waals surface area contributed by atoms with E-state index in [1.54, 1.807) is 31.4 Å². The highest BCUT2D eigenvalue weighted by molar-refractivity contribution is 9.09. The van der Waals surface area contributed by atoms with Crippen molar-refractivity contribution in [3.8, 4) is 0 Å². The average molecular weight is 515 g/mol. The van der Waals surface area contributed by atoms with Gasteiger partial charge in [0.25, 0.3) is 0 Å². The Morgan fingerprint density at radius 3 is 1.14 bits per heavy atom. The lowest BCUT2D eigenvalue weighted by Crippen LogP contribution is -2.21. The summed E-state index contributed by atoms with van der Waals surface area (Å²) in [5.41, 5.74) is 3.68. The van der Waals surface area contributed by atoms with Crippen LogP contribution in [0.2, 0.25) is 0 Å². The van der Waals surface area contributed by atoms with Crippen molar-refractivity contribution in [2.24, 2.45) is 0 Å². The van der Waals surface area contributed by atoms with Gasteiger partial charge in [0.15, 0.2) is 11.6 Å². The molecule has 0 aliphatic heterocycles. The molecule has 2 atom stereocenters. The standard InChI is InChI=1S/C30H26O2S3/c31-29(25-17-9-3-10-18-25)27(21-23-13-5-1-6-14-23)33-35-34-28(22-24-15-7-2-8-16-24)30(32)26-19-11-4-12-20-26/h1-20,27-28H,21-22H2. The maximum absolute atomic E-state index is 13.4. The van der Waals surface area contributed by atoms with Crippen LogP contribution in [-0.2, 0) is 12.8 Å². The van der Waals surface area contributed by atoms with Crippen LogP contribution in [0.4, 0.5) is 0 Å². The molecule has 0 radical (unpaired) electrons. The average Bonchev–Trinajstić information content (AvgIpc) is 2.93. The molecule has 0 bridgehead atoms. The molecule has 4 aromatic carbocycles. The van der Waals surface area contributed by atoms with Gasteiger partial charge < -0.3 is 0 Å². The summed E-state index contributed by atoms with van der Waals surface area (Å²) in [7, 11) is 4.64. The zero-order chi connectivity index (χ0) is 24.3. The van der Waals surface area contributed by atoms with Gasteiger partial charge in [-0.15, -0.1) is 0 Å². The molecule has 0 aliphatic rings. The van der Waals surface area contributed by atoms with Crippen molar-refractivity contribution < 1.29 is 9.59 Å². The molecule has 4 rings (SSSR count). The van der Waals surface area contributed by atoms with Crippen molar-refractivity contribution in [3.63, 3.8) is 0 Å². The van der Waals surface area contributed by atoms with Gasteiger partial charge in [0, 0.05) is 11.1 Å². The van der Waals surface area contributed by atoms with Crippen LogP contribution in [0.25, 0.3) is 0 Å². The monoisotopic (exact) mass is 514 g/mol. The summed E-state index contributed by atoms with van der Waals surface area (Å²) >= 11 is 0. The smallest absolute Gasteiger partial charge is 0.177 e. The van der Waals surface area contributed by atoms with E-state index in [1.807, 2.05) is 97.1 Å². The van der Waals surface area contributed by atoms with Gasteiger partial charge in [-0.2, -0.15) is 0 Å². The molecule has 5 heteroatoms. The largest absolute Gasteiger partial charge is 0.293 e. The maximum Gasteiger partial charge on any atom is 0.177 e. The van der Waals surface area contributed by atoms with E-state index in [-0.39, 0.29) is 22.1 Å². The lowest BCUT2D eigenvalue weighted by atomic mass is 10.0. The fraction of sp³-hybridized carbons (Fsp3) is 0.133. The topological polar surface area (TPSA) is 34.1 Å². The third kappa shape index (κ3) is 7.63. The molecule has 0 amide bonds. The number of benzene rings is 4. The van der Waals surface area contributed by atoms with Crippen LogP contribution in [-0.4, -0.2) is 22.1 Å². The second-order valence-electron chi connectivity index (χ2n) is 8.08. The number of ketones is 2. The maximum atomic E-state index is 13.4. The van der Waals surface area contributed by atoms with Crippen molar-refractivity contribution >= 4 is 43.0 Å². The van der Waals surface area contributed by atoms with E-state index < -0.39 is 0 Å². The van der Waals surface area contributed by atoms with Crippen molar-refractivity contribution in [2.75, 3.05) is 0 Å². The Balaban J connectivity index is 1.48. The molecular weight excluding hydrogens is 489 g/mol. The Kier molecular flexibility index (Phi) is 9.70. The Labute approximate surface area is 218 Å². The normalized spacial score (nSPS) is 12.6. The van der Waals surface area contributed by atoms with Gasteiger partial charge in [0.05, 0.1) is 10.5 Å². The number of hydrogen-bond acceptors (Lipinski definition) is 5.